The third kappa shape index (κ3) is 2.64. The maximum Gasteiger partial charge on any atom is 0.177 e. The summed E-state index contributed by atoms with van der Waals surface area (Å²) in [5, 5.41) is 0. The van der Waals surface area contributed by atoms with Crippen LogP contribution in [0.15, 0.2) is 22.7 Å². The van der Waals surface area contributed by atoms with Crippen LogP contribution in [0, 0.1) is 0 Å². The molecular formula is C10H9Br2FO. The molecule has 0 aliphatic carbocycles. The Morgan fingerprint density at radius 2 is 2.21 bits per heavy atom. The second kappa shape index (κ2) is 5.03. The van der Waals surface area contributed by atoms with Gasteiger partial charge >= 0.3 is 0 Å². The van der Waals surface area contributed by atoms with Crippen LogP contribution in [0.25, 0.3) is 0 Å². The van der Waals surface area contributed by atoms with Crippen molar-refractivity contribution < 1.29 is 9.18 Å². The van der Waals surface area contributed by atoms with E-state index in [9.17, 15) is 9.18 Å². The van der Waals surface area contributed by atoms with Gasteiger partial charge < -0.3 is 0 Å². The number of halogens is 3. The van der Waals surface area contributed by atoms with E-state index < -0.39 is 6.67 Å². The molecule has 1 aromatic carbocycles. The van der Waals surface area contributed by atoms with E-state index in [4.69, 9.17) is 0 Å². The molecule has 0 saturated heterocycles. The summed E-state index contributed by atoms with van der Waals surface area (Å²) in [5.41, 5.74) is 1.14. The van der Waals surface area contributed by atoms with E-state index in [2.05, 4.69) is 31.9 Å². The van der Waals surface area contributed by atoms with E-state index in [0.717, 1.165) is 0 Å². The first-order valence-electron chi connectivity index (χ1n) is 4.09. The molecule has 0 aliphatic rings. The third-order valence-electron chi connectivity index (χ3n) is 1.81. The highest BCUT2D eigenvalue weighted by atomic mass is 79.9. The molecule has 0 fully saturated rings. The molecule has 0 aliphatic heterocycles. The lowest BCUT2D eigenvalue weighted by Gasteiger charge is -2.06. The molecule has 1 aromatic rings. The molecule has 14 heavy (non-hydrogen) atoms. The van der Waals surface area contributed by atoms with Crippen LogP contribution in [0.4, 0.5) is 4.39 Å². The summed E-state index contributed by atoms with van der Waals surface area (Å²) >= 11 is 6.45. The summed E-state index contributed by atoms with van der Waals surface area (Å²) in [6.45, 7) is 1.24. The Hall–Kier alpha value is -0.220. The highest BCUT2D eigenvalue weighted by Gasteiger charge is 2.14. The highest BCUT2D eigenvalue weighted by molar-refractivity contribution is 9.10. The van der Waals surface area contributed by atoms with E-state index in [0.29, 0.717) is 15.6 Å². The van der Waals surface area contributed by atoms with E-state index >= 15 is 0 Å². The predicted molar refractivity (Wildman–Crippen MR) is 61.7 cm³/mol. The Kier molecular flexibility index (Phi) is 4.26. The van der Waals surface area contributed by atoms with Crippen molar-refractivity contribution in [2.24, 2.45) is 0 Å². The first kappa shape index (κ1) is 11.9. The van der Waals surface area contributed by atoms with Crippen molar-refractivity contribution in [3.05, 3.63) is 33.8 Å². The number of benzene rings is 1. The standard InChI is InChI=1S/C10H9Br2FO/c1-6(11)10(14)8-3-2-7(5-13)4-9(8)12/h2-4,6H,5H2,1H3. The molecule has 1 atom stereocenters. The topological polar surface area (TPSA) is 17.1 Å². The van der Waals surface area contributed by atoms with Gasteiger partial charge in [-0.25, -0.2) is 4.39 Å². The third-order valence-corrected chi connectivity index (χ3v) is 2.89. The van der Waals surface area contributed by atoms with Gasteiger partial charge in [-0.15, -0.1) is 0 Å². The Labute approximate surface area is 99.0 Å². The minimum absolute atomic E-state index is 0.0118. The van der Waals surface area contributed by atoms with Crippen molar-refractivity contribution in [2.45, 2.75) is 18.4 Å². The van der Waals surface area contributed by atoms with Crippen LogP contribution in [0.1, 0.15) is 22.8 Å². The lowest BCUT2D eigenvalue weighted by atomic mass is 10.1. The molecule has 0 aromatic heterocycles. The number of carbonyl (C=O) groups is 1. The average Bonchev–Trinajstić information content (AvgIpc) is 2.16. The Morgan fingerprint density at radius 1 is 1.57 bits per heavy atom. The van der Waals surface area contributed by atoms with Gasteiger partial charge in [-0.3, -0.25) is 4.79 Å². The van der Waals surface area contributed by atoms with Crippen LogP contribution in [0.3, 0.4) is 0 Å². The van der Waals surface area contributed by atoms with Crippen molar-refractivity contribution in [3.8, 4) is 0 Å². The smallest absolute Gasteiger partial charge is 0.177 e. The molecule has 1 rings (SSSR count). The zero-order valence-corrected chi connectivity index (χ0v) is 10.7. The number of hydrogen-bond acceptors (Lipinski definition) is 1. The lowest BCUT2D eigenvalue weighted by Crippen LogP contribution is -2.10. The molecule has 76 valence electrons. The van der Waals surface area contributed by atoms with Gasteiger partial charge in [0.2, 0.25) is 0 Å². The molecule has 0 heterocycles. The number of Topliss-reactive ketones (excluding diaryl/α,β-unsaturated/α-hetero) is 1. The van der Waals surface area contributed by atoms with Crippen LogP contribution >= 0.6 is 31.9 Å². The predicted octanol–water partition coefficient (Wildman–Crippen LogP) is 3.88. The second-order valence-corrected chi connectivity index (χ2v) is 5.16. The van der Waals surface area contributed by atoms with Gasteiger partial charge in [-0.05, 0) is 24.6 Å². The summed E-state index contributed by atoms with van der Waals surface area (Å²) in [6.07, 6.45) is 0. The Bertz CT molecular complexity index is 350. The van der Waals surface area contributed by atoms with E-state index in [1.54, 1.807) is 25.1 Å². The van der Waals surface area contributed by atoms with Gasteiger partial charge in [0.1, 0.15) is 6.67 Å². The molecular weight excluding hydrogens is 315 g/mol. The van der Waals surface area contributed by atoms with Gasteiger partial charge in [0, 0.05) is 10.0 Å². The maximum absolute atomic E-state index is 12.3. The second-order valence-electron chi connectivity index (χ2n) is 2.93. The summed E-state index contributed by atoms with van der Waals surface area (Å²) in [7, 11) is 0. The monoisotopic (exact) mass is 322 g/mol. The summed E-state index contributed by atoms with van der Waals surface area (Å²) in [5.74, 6) is -0.0118. The van der Waals surface area contributed by atoms with Crippen molar-refractivity contribution in [3.63, 3.8) is 0 Å². The number of carbonyl (C=O) groups excluding carboxylic acids is 1. The van der Waals surface area contributed by atoms with Crippen molar-refractivity contribution >= 4 is 37.6 Å². The zero-order valence-electron chi connectivity index (χ0n) is 7.56. The molecule has 0 amide bonds. The molecule has 4 heteroatoms. The van der Waals surface area contributed by atoms with Crippen LogP contribution < -0.4 is 0 Å². The minimum Gasteiger partial charge on any atom is -0.293 e. The Balaban J connectivity index is 3.06. The van der Waals surface area contributed by atoms with Gasteiger partial charge in [-0.2, -0.15) is 0 Å². The van der Waals surface area contributed by atoms with Gasteiger partial charge in [0.25, 0.3) is 0 Å². The fourth-order valence-corrected chi connectivity index (χ4v) is 1.92. The molecule has 0 saturated carbocycles. The number of rotatable bonds is 3. The summed E-state index contributed by atoms with van der Waals surface area (Å²) in [4.78, 5) is 11.4. The largest absolute Gasteiger partial charge is 0.293 e. The quantitative estimate of drug-likeness (QED) is 0.609. The Morgan fingerprint density at radius 3 is 2.64 bits per heavy atom. The fraction of sp³-hybridized carbons (Fsp3) is 0.300. The molecule has 0 spiro atoms. The van der Waals surface area contributed by atoms with E-state index in [1.807, 2.05) is 0 Å². The molecule has 0 N–H and O–H groups in total. The number of hydrogen-bond donors (Lipinski definition) is 0. The van der Waals surface area contributed by atoms with Gasteiger partial charge in [0.15, 0.2) is 5.78 Å². The van der Waals surface area contributed by atoms with E-state index in [-0.39, 0.29) is 10.6 Å². The molecule has 0 radical (unpaired) electrons. The zero-order chi connectivity index (χ0) is 10.7. The maximum atomic E-state index is 12.3. The number of ketones is 1. The first-order valence-corrected chi connectivity index (χ1v) is 5.79. The van der Waals surface area contributed by atoms with Crippen LogP contribution in [-0.2, 0) is 6.67 Å². The number of alkyl halides is 2. The van der Waals surface area contributed by atoms with Crippen LogP contribution in [-0.4, -0.2) is 10.6 Å². The fourth-order valence-electron chi connectivity index (χ4n) is 1.06. The van der Waals surface area contributed by atoms with Crippen molar-refractivity contribution in [2.75, 3.05) is 0 Å². The van der Waals surface area contributed by atoms with Crippen molar-refractivity contribution in [1.29, 1.82) is 0 Å². The van der Waals surface area contributed by atoms with Crippen LogP contribution in [0.2, 0.25) is 0 Å². The summed E-state index contributed by atoms with van der Waals surface area (Å²) < 4.78 is 12.9. The van der Waals surface area contributed by atoms with Crippen LogP contribution in [0.5, 0.6) is 0 Å². The first-order chi connectivity index (χ1) is 6.56. The van der Waals surface area contributed by atoms with Gasteiger partial charge in [0.05, 0.1) is 4.83 Å². The normalized spacial score (nSPS) is 12.6. The molecule has 1 nitrogen and oxygen atoms in total. The lowest BCUT2D eigenvalue weighted by molar-refractivity contribution is 0.0995. The summed E-state index contributed by atoms with van der Waals surface area (Å²) in [6, 6.07) is 4.88. The SMILES string of the molecule is CC(Br)C(=O)c1ccc(CF)cc1Br. The highest BCUT2D eigenvalue weighted by Crippen LogP contribution is 2.22. The minimum atomic E-state index is -0.517. The van der Waals surface area contributed by atoms with Gasteiger partial charge in [-0.1, -0.05) is 37.9 Å². The van der Waals surface area contributed by atoms with Crippen molar-refractivity contribution in [1.82, 2.24) is 0 Å². The molecule has 0 bridgehead atoms. The van der Waals surface area contributed by atoms with E-state index in [1.165, 1.54) is 0 Å². The molecule has 1 unspecified atom stereocenters. The average molecular weight is 324 g/mol.